The lowest BCUT2D eigenvalue weighted by Crippen LogP contribution is -2.11. The van der Waals surface area contributed by atoms with Crippen molar-refractivity contribution in [1.29, 1.82) is 0 Å². The second kappa shape index (κ2) is 5.77. The third-order valence-electron chi connectivity index (χ3n) is 4.30. The topological polar surface area (TPSA) is 3.24 Å². The second-order valence-corrected chi connectivity index (χ2v) is 6.02. The van der Waals surface area contributed by atoms with E-state index in [1.54, 1.807) is 0 Å². The summed E-state index contributed by atoms with van der Waals surface area (Å²) in [6, 6.07) is 27.8. The summed E-state index contributed by atoms with van der Waals surface area (Å²) >= 11 is 0. The zero-order valence-corrected chi connectivity index (χ0v) is 13.2. The van der Waals surface area contributed by atoms with Gasteiger partial charge in [-0.3, -0.25) is 0 Å². The molecule has 0 unspecified atom stereocenters. The van der Waals surface area contributed by atoms with Crippen LogP contribution in [-0.2, 0) is 6.42 Å². The molecule has 1 aliphatic carbocycles. The molecule has 0 saturated heterocycles. The van der Waals surface area contributed by atoms with Gasteiger partial charge >= 0.3 is 0 Å². The molecule has 1 nitrogen and oxygen atoms in total. The first kappa shape index (κ1) is 13.8. The minimum atomic E-state index is 1.06. The van der Waals surface area contributed by atoms with Crippen LogP contribution in [0.1, 0.15) is 18.1 Å². The molecule has 0 fully saturated rings. The van der Waals surface area contributed by atoms with Crippen LogP contribution in [0.3, 0.4) is 0 Å². The molecule has 0 heterocycles. The van der Waals surface area contributed by atoms with Gasteiger partial charge in [0.15, 0.2) is 0 Å². The van der Waals surface area contributed by atoms with Crippen molar-refractivity contribution in [2.45, 2.75) is 13.3 Å². The fourth-order valence-corrected chi connectivity index (χ4v) is 3.29. The van der Waals surface area contributed by atoms with Gasteiger partial charge in [-0.2, -0.15) is 0 Å². The Morgan fingerprint density at radius 3 is 1.91 bits per heavy atom. The molecular formula is C22H19N. The van der Waals surface area contributed by atoms with E-state index in [2.05, 4.69) is 96.8 Å². The average molecular weight is 297 g/mol. The minimum Gasteiger partial charge on any atom is -0.310 e. The van der Waals surface area contributed by atoms with E-state index in [1.165, 1.54) is 33.8 Å². The Hall–Kier alpha value is -2.80. The Balaban J connectivity index is 1.93. The molecule has 0 radical (unpaired) electrons. The van der Waals surface area contributed by atoms with Crippen LogP contribution in [0.5, 0.6) is 0 Å². The van der Waals surface area contributed by atoms with Gasteiger partial charge in [-0.15, -0.1) is 0 Å². The van der Waals surface area contributed by atoms with E-state index in [9.17, 15) is 0 Å². The summed E-state index contributed by atoms with van der Waals surface area (Å²) in [7, 11) is 0. The largest absolute Gasteiger partial charge is 0.310 e. The van der Waals surface area contributed by atoms with E-state index in [1.807, 2.05) is 0 Å². The van der Waals surface area contributed by atoms with Crippen LogP contribution in [0.25, 0.3) is 6.08 Å². The SMILES string of the molecule is CC1=Cc2c(cccc2N(c2ccccc2)c2ccccc2)C1. The van der Waals surface area contributed by atoms with E-state index in [0.29, 0.717) is 0 Å². The molecule has 1 heteroatoms. The smallest absolute Gasteiger partial charge is 0.0536 e. The number of para-hydroxylation sites is 2. The molecular weight excluding hydrogens is 278 g/mol. The Kier molecular flexibility index (Phi) is 3.47. The second-order valence-electron chi connectivity index (χ2n) is 6.02. The zero-order valence-electron chi connectivity index (χ0n) is 13.2. The van der Waals surface area contributed by atoms with Gasteiger partial charge in [-0.05, 0) is 49.2 Å². The summed E-state index contributed by atoms with van der Waals surface area (Å²) in [5.41, 5.74) is 7.80. The van der Waals surface area contributed by atoms with Gasteiger partial charge < -0.3 is 4.90 Å². The Labute approximate surface area is 137 Å². The Morgan fingerprint density at radius 2 is 1.30 bits per heavy atom. The van der Waals surface area contributed by atoms with Gasteiger partial charge in [-0.1, -0.05) is 60.2 Å². The highest BCUT2D eigenvalue weighted by atomic mass is 15.1. The fourth-order valence-electron chi connectivity index (χ4n) is 3.29. The molecule has 1 aliphatic rings. The van der Waals surface area contributed by atoms with E-state index < -0.39 is 0 Å². The third kappa shape index (κ3) is 2.55. The van der Waals surface area contributed by atoms with Crippen molar-refractivity contribution in [2.24, 2.45) is 0 Å². The van der Waals surface area contributed by atoms with E-state index >= 15 is 0 Å². The molecule has 23 heavy (non-hydrogen) atoms. The number of benzene rings is 3. The highest BCUT2D eigenvalue weighted by molar-refractivity contribution is 5.85. The van der Waals surface area contributed by atoms with Crippen molar-refractivity contribution in [3.8, 4) is 0 Å². The molecule has 112 valence electrons. The number of anilines is 3. The normalized spacial score (nSPS) is 12.7. The summed E-state index contributed by atoms with van der Waals surface area (Å²) in [6.45, 7) is 2.21. The van der Waals surface area contributed by atoms with E-state index in [-0.39, 0.29) is 0 Å². The van der Waals surface area contributed by atoms with Gasteiger partial charge in [0, 0.05) is 16.9 Å². The van der Waals surface area contributed by atoms with Crippen LogP contribution in [0.2, 0.25) is 0 Å². The summed E-state index contributed by atoms with van der Waals surface area (Å²) in [5.74, 6) is 0. The molecule has 0 N–H and O–H groups in total. The molecule has 3 aromatic rings. The average Bonchev–Trinajstić information content (AvgIpc) is 2.98. The lowest BCUT2D eigenvalue weighted by atomic mass is 10.1. The maximum absolute atomic E-state index is 2.34. The van der Waals surface area contributed by atoms with Crippen molar-refractivity contribution in [3.63, 3.8) is 0 Å². The van der Waals surface area contributed by atoms with E-state index in [4.69, 9.17) is 0 Å². The number of fused-ring (bicyclic) bond motifs is 1. The molecule has 0 saturated carbocycles. The van der Waals surface area contributed by atoms with Crippen molar-refractivity contribution < 1.29 is 0 Å². The number of allylic oxidation sites excluding steroid dienone is 1. The van der Waals surface area contributed by atoms with Crippen LogP contribution in [0, 0.1) is 0 Å². The number of hydrogen-bond acceptors (Lipinski definition) is 1. The number of rotatable bonds is 3. The van der Waals surface area contributed by atoms with Crippen LogP contribution in [0.15, 0.2) is 84.4 Å². The van der Waals surface area contributed by atoms with Gasteiger partial charge in [0.05, 0.1) is 5.69 Å². The lowest BCUT2D eigenvalue weighted by Gasteiger charge is -2.27. The predicted molar refractivity (Wildman–Crippen MR) is 98.5 cm³/mol. The molecule has 0 atom stereocenters. The van der Waals surface area contributed by atoms with Crippen molar-refractivity contribution >= 4 is 23.1 Å². The zero-order chi connectivity index (χ0) is 15.6. The van der Waals surface area contributed by atoms with Crippen molar-refractivity contribution in [2.75, 3.05) is 4.90 Å². The molecule has 0 aromatic heterocycles. The van der Waals surface area contributed by atoms with Gasteiger partial charge in [-0.25, -0.2) is 0 Å². The van der Waals surface area contributed by atoms with E-state index in [0.717, 1.165) is 6.42 Å². The molecule has 0 amide bonds. The van der Waals surface area contributed by atoms with Crippen LogP contribution in [-0.4, -0.2) is 0 Å². The fraction of sp³-hybridized carbons (Fsp3) is 0.0909. The first-order valence-corrected chi connectivity index (χ1v) is 8.02. The maximum Gasteiger partial charge on any atom is 0.0536 e. The predicted octanol–water partition coefficient (Wildman–Crippen LogP) is 6.12. The summed E-state index contributed by atoms with van der Waals surface area (Å²) in [4.78, 5) is 2.34. The Morgan fingerprint density at radius 1 is 0.696 bits per heavy atom. The minimum absolute atomic E-state index is 1.06. The standard InChI is InChI=1S/C22H19N/c1-17-15-18-9-8-14-22(21(18)16-17)23(19-10-4-2-5-11-19)20-12-6-3-7-13-20/h2-14,16H,15H2,1H3. The highest BCUT2D eigenvalue weighted by Crippen LogP contribution is 2.40. The summed E-state index contributed by atoms with van der Waals surface area (Å²) in [6.07, 6.45) is 3.38. The highest BCUT2D eigenvalue weighted by Gasteiger charge is 2.19. The molecule has 3 aromatic carbocycles. The quantitative estimate of drug-likeness (QED) is 0.563. The number of nitrogens with zero attached hydrogens (tertiary/aromatic N) is 1. The molecule has 4 rings (SSSR count). The van der Waals surface area contributed by atoms with Gasteiger partial charge in [0.1, 0.15) is 0 Å². The van der Waals surface area contributed by atoms with Crippen molar-refractivity contribution in [3.05, 3.63) is 95.6 Å². The third-order valence-corrected chi connectivity index (χ3v) is 4.30. The monoisotopic (exact) mass is 297 g/mol. The maximum atomic E-state index is 2.34. The van der Waals surface area contributed by atoms with Gasteiger partial charge in [0.25, 0.3) is 0 Å². The summed E-state index contributed by atoms with van der Waals surface area (Å²) in [5, 5.41) is 0. The molecule has 0 bridgehead atoms. The first-order chi connectivity index (χ1) is 11.3. The van der Waals surface area contributed by atoms with Crippen LogP contribution >= 0.6 is 0 Å². The number of hydrogen-bond donors (Lipinski definition) is 0. The Bertz CT molecular complexity index is 808. The first-order valence-electron chi connectivity index (χ1n) is 8.02. The van der Waals surface area contributed by atoms with Gasteiger partial charge in [0.2, 0.25) is 0 Å². The molecule has 0 spiro atoms. The van der Waals surface area contributed by atoms with Crippen LogP contribution in [0.4, 0.5) is 17.1 Å². The summed E-state index contributed by atoms with van der Waals surface area (Å²) < 4.78 is 0. The lowest BCUT2D eigenvalue weighted by molar-refractivity contribution is 1.19. The van der Waals surface area contributed by atoms with Crippen molar-refractivity contribution in [1.82, 2.24) is 0 Å². The molecule has 0 aliphatic heterocycles. The van der Waals surface area contributed by atoms with Crippen LogP contribution < -0.4 is 4.90 Å².